The Hall–Kier alpha value is -2.47. The SMILES string of the molecule is CC(=O)c1c(C)[nH]c(-c2csc(NCc3ccc(F)cc3)n2)c1C. The number of carbonyl (C=O) groups is 1. The molecule has 0 aliphatic carbocycles. The first-order chi connectivity index (χ1) is 11.5. The standard InChI is InChI=1S/C18H18FN3OS/c1-10-16(12(3)23)11(2)21-17(10)15-9-24-18(22-15)20-8-13-4-6-14(19)7-5-13/h4-7,9,21H,8H2,1-3H3,(H,20,22). The molecule has 4 nitrogen and oxygen atoms in total. The van der Waals surface area contributed by atoms with Gasteiger partial charge in [-0.05, 0) is 44.0 Å². The highest BCUT2D eigenvalue weighted by Crippen LogP contribution is 2.30. The van der Waals surface area contributed by atoms with E-state index in [-0.39, 0.29) is 11.6 Å². The molecule has 2 N–H and O–H groups in total. The van der Waals surface area contributed by atoms with Crippen LogP contribution in [0.2, 0.25) is 0 Å². The van der Waals surface area contributed by atoms with Gasteiger partial charge in [-0.3, -0.25) is 4.79 Å². The number of thiazole rings is 1. The lowest BCUT2D eigenvalue weighted by atomic mass is 10.1. The van der Waals surface area contributed by atoms with E-state index in [1.54, 1.807) is 19.1 Å². The number of benzene rings is 1. The van der Waals surface area contributed by atoms with Crippen LogP contribution < -0.4 is 5.32 Å². The maximum atomic E-state index is 12.9. The highest BCUT2D eigenvalue weighted by molar-refractivity contribution is 7.14. The fourth-order valence-corrected chi connectivity index (χ4v) is 3.48. The summed E-state index contributed by atoms with van der Waals surface area (Å²) in [5, 5.41) is 5.97. The van der Waals surface area contributed by atoms with Gasteiger partial charge in [-0.25, -0.2) is 9.37 Å². The van der Waals surface area contributed by atoms with Gasteiger partial charge in [-0.1, -0.05) is 12.1 Å². The molecule has 24 heavy (non-hydrogen) atoms. The second kappa shape index (κ2) is 6.57. The first-order valence-corrected chi connectivity index (χ1v) is 8.48. The van der Waals surface area contributed by atoms with Crippen molar-refractivity contribution < 1.29 is 9.18 Å². The maximum Gasteiger partial charge on any atom is 0.183 e. The lowest BCUT2D eigenvalue weighted by molar-refractivity contribution is 0.101. The quantitative estimate of drug-likeness (QED) is 0.660. The third-order valence-corrected chi connectivity index (χ3v) is 4.71. The largest absolute Gasteiger partial charge is 0.357 e. The Balaban J connectivity index is 1.77. The molecule has 0 aliphatic rings. The van der Waals surface area contributed by atoms with Crippen LogP contribution in [0.4, 0.5) is 9.52 Å². The van der Waals surface area contributed by atoms with Gasteiger partial charge < -0.3 is 10.3 Å². The number of hydrogen-bond donors (Lipinski definition) is 2. The number of aromatic nitrogens is 2. The molecule has 2 aromatic heterocycles. The van der Waals surface area contributed by atoms with E-state index in [2.05, 4.69) is 15.3 Å². The fraction of sp³-hybridized carbons (Fsp3) is 0.222. The first-order valence-electron chi connectivity index (χ1n) is 7.60. The first kappa shape index (κ1) is 16.4. The van der Waals surface area contributed by atoms with Gasteiger partial charge in [0.1, 0.15) is 11.5 Å². The van der Waals surface area contributed by atoms with Crippen LogP contribution in [-0.2, 0) is 6.54 Å². The van der Waals surface area contributed by atoms with Crippen LogP contribution in [0.3, 0.4) is 0 Å². The van der Waals surface area contributed by atoms with Crippen LogP contribution in [0, 0.1) is 19.7 Å². The number of anilines is 1. The summed E-state index contributed by atoms with van der Waals surface area (Å²) in [5.74, 6) is -0.188. The molecule has 0 aliphatic heterocycles. The predicted molar refractivity (Wildman–Crippen MR) is 95.1 cm³/mol. The summed E-state index contributed by atoms with van der Waals surface area (Å²) in [6.45, 7) is 5.98. The van der Waals surface area contributed by atoms with Crippen molar-refractivity contribution in [1.82, 2.24) is 9.97 Å². The Morgan fingerprint density at radius 3 is 2.62 bits per heavy atom. The van der Waals surface area contributed by atoms with Crippen molar-refractivity contribution in [1.29, 1.82) is 0 Å². The molecule has 6 heteroatoms. The highest BCUT2D eigenvalue weighted by Gasteiger charge is 2.17. The van der Waals surface area contributed by atoms with E-state index in [1.807, 2.05) is 19.2 Å². The summed E-state index contributed by atoms with van der Waals surface area (Å²) in [4.78, 5) is 19.6. The van der Waals surface area contributed by atoms with Gasteiger partial charge in [-0.2, -0.15) is 0 Å². The summed E-state index contributed by atoms with van der Waals surface area (Å²) < 4.78 is 12.9. The van der Waals surface area contributed by atoms with Gasteiger partial charge in [-0.15, -0.1) is 11.3 Å². The van der Waals surface area contributed by atoms with E-state index in [0.717, 1.165) is 38.9 Å². The monoisotopic (exact) mass is 343 g/mol. The number of H-pyrrole nitrogens is 1. The number of nitrogens with one attached hydrogen (secondary N) is 2. The van der Waals surface area contributed by atoms with Gasteiger partial charge in [0.25, 0.3) is 0 Å². The molecular weight excluding hydrogens is 325 g/mol. The molecule has 3 rings (SSSR count). The topological polar surface area (TPSA) is 57.8 Å². The number of Topliss-reactive ketones (excluding diaryl/α,β-unsaturated/α-hetero) is 1. The third-order valence-electron chi connectivity index (χ3n) is 3.91. The van der Waals surface area contributed by atoms with Crippen LogP contribution in [0.5, 0.6) is 0 Å². The van der Waals surface area contributed by atoms with Crippen molar-refractivity contribution in [2.45, 2.75) is 27.3 Å². The number of aryl methyl sites for hydroxylation is 1. The van der Waals surface area contributed by atoms with Gasteiger partial charge in [0.05, 0.1) is 5.69 Å². The molecule has 1 aromatic carbocycles. The van der Waals surface area contributed by atoms with E-state index < -0.39 is 0 Å². The van der Waals surface area contributed by atoms with E-state index in [1.165, 1.54) is 23.5 Å². The minimum Gasteiger partial charge on any atom is -0.357 e. The molecule has 0 fully saturated rings. The van der Waals surface area contributed by atoms with Crippen molar-refractivity contribution in [2.75, 3.05) is 5.32 Å². The summed E-state index contributed by atoms with van der Waals surface area (Å²) in [7, 11) is 0. The van der Waals surface area contributed by atoms with E-state index in [4.69, 9.17) is 0 Å². The molecule has 0 spiro atoms. The van der Waals surface area contributed by atoms with Gasteiger partial charge >= 0.3 is 0 Å². The van der Waals surface area contributed by atoms with Crippen LogP contribution in [0.15, 0.2) is 29.6 Å². The van der Waals surface area contributed by atoms with Crippen LogP contribution in [0.1, 0.15) is 34.1 Å². The molecule has 0 radical (unpaired) electrons. The van der Waals surface area contributed by atoms with Crippen molar-refractivity contribution in [3.05, 3.63) is 57.8 Å². The Morgan fingerprint density at radius 2 is 2.00 bits per heavy atom. The second-order valence-electron chi connectivity index (χ2n) is 5.70. The second-order valence-corrected chi connectivity index (χ2v) is 6.56. The van der Waals surface area contributed by atoms with Crippen LogP contribution in [-0.4, -0.2) is 15.8 Å². The Morgan fingerprint density at radius 1 is 1.29 bits per heavy atom. The number of hydrogen-bond acceptors (Lipinski definition) is 4. The molecule has 2 heterocycles. The minimum absolute atomic E-state index is 0.0531. The summed E-state index contributed by atoms with van der Waals surface area (Å²) in [6, 6.07) is 6.38. The summed E-state index contributed by atoms with van der Waals surface area (Å²) >= 11 is 1.50. The van der Waals surface area contributed by atoms with Crippen LogP contribution in [0.25, 0.3) is 11.4 Å². The smallest absolute Gasteiger partial charge is 0.183 e. The predicted octanol–water partition coefficient (Wildman–Crippen LogP) is 4.71. The normalized spacial score (nSPS) is 10.8. The zero-order valence-electron chi connectivity index (χ0n) is 13.7. The molecule has 0 amide bonds. The van der Waals surface area contributed by atoms with Gasteiger partial charge in [0.2, 0.25) is 0 Å². The maximum absolute atomic E-state index is 12.9. The van der Waals surface area contributed by atoms with Crippen LogP contribution >= 0.6 is 11.3 Å². The summed E-state index contributed by atoms with van der Waals surface area (Å²) in [5.41, 5.74) is 5.20. The lowest BCUT2D eigenvalue weighted by Crippen LogP contribution is -1.99. The average Bonchev–Trinajstić information content (AvgIpc) is 3.11. The average molecular weight is 343 g/mol. The van der Waals surface area contributed by atoms with Crippen molar-refractivity contribution >= 4 is 22.3 Å². The van der Waals surface area contributed by atoms with E-state index in [0.29, 0.717) is 6.54 Å². The number of ketones is 1. The summed E-state index contributed by atoms with van der Waals surface area (Å²) in [6.07, 6.45) is 0. The molecule has 3 aromatic rings. The number of carbonyl (C=O) groups excluding carboxylic acids is 1. The Labute approximate surface area is 143 Å². The van der Waals surface area contributed by atoms with E-state index in [9.17, 15) is 9.18 Å². The number of rotatable bonds is 5. The van der Waals surface area contributed by atoms with Crippen molar-refractivity contribution in [2.24, 2.45) is 0 Å². The molecule has 0 unspecified atom stereocenters. The van der Waals surface area contributed by atoms with Gasteiger partial charge in [0.15, 0.2) is 10.9 Å². The third kappa shape index (κ3) is 3.23. The molecule has 0 atom stereocenters. The zero-order valence-corrected chi connectivity index (χ0v) is 14.6. The molecule has 0 saturated carbocycles. The number of halogens is 1. The van der Waals surface area contributed by atoms with Gasteiger partial charge in [0, 0.05) is 23.2 Å². The molecule has 0 saturated heterocycles. The highest BCUT2D eigenvalue weighted by atomic mass is 32.1. The van der Waals surface area contributed by atoms with Crippen molar-refractivity contribution in [3.8, 4) is 11.4 Å². The van der Waals surface area contributed by atoms with Crippen molar-refractivity contribution in [3.63, 3.8) is 0 Å². The molecule has 124 valence electrons. The minimum atomic E-state index is -0.242. The number of aromatic amines is 1. The fourth-order valence-electron chi connectivity index (χ4n) is 2.78. The molecule has 0 bridgehead atoms. The lowest BCUT2D eigenvalue weighted by Gasteiger charge is -2.02. The Bertz CT molecular complexity index is 880. The zero-order chi connectivity index (χ0) is 17.3. The number of nitrogens with zero attached hydrogens (tertiary/aromatic N) is 1. The Kier molecular flexibility index (Phi) is 4.49. The van der Waals surface area contributed by atoms with E-state index >= 15 is 0 Å². The molecular formula is C18H18FN3OS.